The molecule has 7 heteroatoms. The second-order valence-electron chi connectivity index (χ2n) is 6.43. The van der Waals surface area contributed by atoms with Gasteiger partial charge >= 0.3 is 5.97 Å². The number of piperidine rings is 1. The molecule has 1 saturated carbocycles. The maximum atomic E-state index is 12.9. The molecular formula is C17H19FN2O4. The van der Waals surface area contributed by atoms with E-state index in [-0.39, 0.29) is 17.9 Å². The molecular weight excluding hydrogens is 315 g/mol. The molecule has 2 fully saturated rings. The molecule has 0 aromatic heterocycles. The second kappa shape index (κ2) is 6.22. The normalized spacial score (nSPS) is 19.6. The molecule has 128 valence electrons. The largest absolute Gasteiger partial charge is 0.480 e. The fourth-order valence-electron chi connectivity index (χ4n) is 3.04. The van der Waals surface area contributed by atoms with E-state index in [1.54, 1.807) is 4.90 Å². The molecule has 1 aliphatic heterocycles. The van der Waals surface area contributed by atoms with Gasteiger partial charge in [0.15, 0.2) is 0 Å². The van der Waals surface area contributed by atoms with Gasteiger partial charge in [-0.15, -0.1) is 0 Å². The summed E-state index contributed by atoms with van der Waals surface area (Å²) in [7, 11) is 0. The number of halogens is 1. The minimum absolute atomic E-state index is 0.0772. The number of nitrogens with zero attached hydrogens (tertiary/aromatic N) is 1. The number of rotatable bonds is 4. The van der Waals surface area contributed by atoms with Gasteiger partial charge in [0.05, 0.1) is 0 Å². The van der Waals surface area contributed by atoms with Gasteiger partial charge in [0.1, 0.15) is 11.2 Å². The summed E-state index contributed by atoms with van der Waals surface area (Å²) < 4.78 is 12.9. The van der Waals surface area contributed by atoms with Crippen LogP contribution in [0.5, 0.6) is 0 Å². The molecule has 0 bridgehead atoms. The molecule has 1 aliphatic carbocycles. The minimum atomic E-state index is -1.20. The molecule has 2 amide bonds. The van der Waals surface area contributed by atoms with Crippen molar-refractivity contribution in [3.8, 4) is 0 Å². The van der Waals surface area contributed by atoms with Gasteiger partial charge in [0.2, 0.25) is 5.91 Å². The lowest BCUT2D eigenvalue weighted by molar-refractivity contribution is -0.153. The van der Waals surface area contributed by atoms with E-state index in [1.165, 1.54) is 24.3 Å². The topological polar surface area (TPSA) is 86.7 Å². The van der Waals surface area contributed by atoms with Crippen molar-refractivity contribution in [1.82, 2.24) is 10.2 Å². The van der Waals surface area contributed by atoms with E-state index in [1.807, 2.05) is 0 Å². The number of amides is 2. The van der Waals surface area contributed by atoms with Gasteiger partial charge in [-0.3, -0.25) is 14.4 Å². The molecule has 1 saturated heterocycles. The first-order chi connectivity index (χ1) is 11.4. The van der Waals surface area contributed by atoms with Crippen molar-refractivity contribution in [2.75, 3.05) is 13.1 Å². The first kappa shape index (κ1) is 16.4. The number of carboxylic acids is 1. The average molecular weight is 334 g/mol. The molecule has 24 heavy (non-hydrogen) atoms. The van der Waals surface area contributed by atoms with Crippen LogP contribution >= 0.6 is 0 Å². The van der Waals surface area contributed by atoms with Crippen LogP contribution in [0, 0.1) is 11.2 Å². The number of carbonyl (C=O) groups excluding carboxylic acids is 2. The summed E-state index contributed by atoms with van der Waals surface area (Å²) in [5.41, 5.74) is -0.817. The summed E-state index contributed by atoms with van der Waals surface area (Å²) in [6, 6.07) is 5.24. The average Bonchev–Trinajstić information content (AvgIpc) is 3.37. The second-order valence-corrected chi connectivity index (χ2v) is 6.43. The molecule has 1 aromatic rings. The van der Waals surface area contributed by atoms with E-state index in [9.17, 15) is 23.9 Å². The van der Waals surface area contributed by atoms with Gasteiger partial charge in [-0.05, 0) is 49.9 Å². The maximum absolute atomic E-state index is 12.9. The Morgan fingerprint density at radius 2 is 1.71 bits per heavy atom. The summed E-state index contributed by atoms with van der Waals surface area (Å²) in [4.78, 5) is 37.2. The zero-order valence-electron chi connectivity index (χ0n) is 13.1. The molecule has 0 unspecified atom stereocenters. The highest BCUT2D eigenvalue weighted by Gasteiger charge is 2.58. The smallest absolute Gasteiger partial charge is 0.319 e. The van der Waals surface area contributed by atoms with Gasteiger partial charge in [0, 0.05) is 24.7 Å². The van der Waals surface area contributed by atoms with Crippen LogP contribution in [0.15, 0.2) is 24.3 Å². The number of aliphatic carboxylic acids is 1. The zero-order valence-corrected chi connectivity index (χ0v) is 13.1. The highest BCUT2D eigenvalue weighted by Crippen LogP contribution is 2.47. The standard InChI is InChI=1S/C17H19FN2O4/c18-12-3-1-11(2-4-12)14(21)19-13-5-9-20(10-6-13)15(22)17(7-8-17)16(23)24/h1-4,13H,5-10H2,(H,19,21)(H,23,24). The lowest BCUT2D eigenvalue weighted by Crippen LogP contribution is -2.49. The Hall–Kier alpha value is -2.44. The number of nitrogens with one attached hydrogen (secondary N) is 1. The predicted molar refractivity (Wildman–Crippen MR) is 82.8 cm³/mol. The third-order valence-corrected chi connectivity index (χ3v) is 4.79. The number of carbonyl (C=O) groups is 3. The van der Waals surface area contributed by atoms with Crippen molar-refractivity contribution in [2.45, 2.75) is 31.7 Å². The monoisotopic (exact) mass is 334 g/mol. The predicted octanol–water partition coefficient (Wildman–Crippen LogP) is 1.41. The molecule has 3 rings (SSSR count). The van der Waals surface area contributed by atoms with Crippen LogP contribution in [0.4, 0.5) is 4.39 Å². The Balaban J connectivity index is 1.52. The fourth-order valence-corrected chi connectivity index (χ4v) is 3.04. The Labute approximate surface area is 138 Å². The number of hydrogen-bond acceptors (Lipinski definition) is 3. The first-order valence-electron chi connectivity index (χ1n) is 8.01. The van der Waals surface area contributed by atoms with Crippen LogP contribution in [0.25, 0.3) is 0 Å². The van der Waals surface area contributed by atoms with Crippen LogP contribution < -0.4 is 5.32 Å². The number of benzene rings is 1. The Morgan fingerprint density at radius 3 is 2.21 bits per heavy atom. The quantitative estimate of drug-likeness (QED) is 0.815. The number of carboxylic acid groups (broad SMARTS) is 1. The van der Waals surface area contributed by atoms with Gasteiger partial charge < -0.3 is 15.3 Å². The van der Waals surface area contributed by atoms with Gasteiger partial charge in [-0.25, -0.2) is 4.39 Å². The van der Waals surface area contributed by atoms with Crippen LogP contribution in [0.3, 0.4) is 0 Å². The van der Waals surface area contributed by atoms with E-state index in [2.05, 4.69) is 5.32 Å². The van der Waals surface area contributed by atoms with Crippen LogP contribution in [0.2, 0.25) is 0 Å². The van der Waals surface area contributed by atoms with E-state index in [4.69, 9.17) is 0 Å². The van der Waals surface area contributed by atoms with Crippen molar-refractivity contribution >= 4 is 17.8 Å². The Morgan fingerprint density at radius 1 is 1.12 bits per heavy atom. The molecule has 0 radical (unpaired) electrons. The summed E-state index contributed by atoms with van der Waals surface area (Å²) in [5.74, 6) is -2.02. The molecule has 0 spiro atoms. The Bertz CT molecular complexity index is 662. The molecule has 2 N–H and O–H groups in total. The van der Waals surface area contributed by atoms with Crippen LogP contribution in [0.1, 0.15) is 36.0 Å². The number of likely N-dealkylation sites (tertiary alicyclic amines) is 1. The van der Waals surface area contributed by atoms with Crippen molar-refractivity contribution < 1.29 is 23.9 Å². The molecule has 1 aromatic carbocycles. The van der Waals surface area contributed by atoms with Crippen molar-refractivity contribution in [2.24, 2.45) is 5.41 Å². The van der Waals surface area contributed by atoms with Crippen molar-refractivity contribution in [3.63, 3.8) is 0 Å². The van der Waals surface area contributed by atoms with E-state index < -0.39 is 17.2 Å². The minimum Gasteiger partial charge on any atom is -0.480 e. The summed E-state index contributed by atoms with van der Waals surface area (Å²) in [5, 5.41) is 12.1. The van der Waals surface area contributed by atoms with E-state index >= 15 is 0 Å². The molecule has 2 aliphatic rings. The zero-order chi connectivity index (χ0) is 17.3. The Kier molecular flexibility index (Phi) is 4.26. The molecule has 0 atom stereocenters. The third-order valence-electron chi connectivity index (χ3n) is 4.79. The summed E-state index contributed by atoms with van der Waals surface area (Å²) in [6.45, 7) is 0.866. The summed E-state index contributed by atoms with van der Waals surface area (Å²) >= 11 is 0. The van der Waals surface area contributed by atoms with Gasteiger partial charge in [0.25, 0.3) is 5.91 Å². The van der Waals surface area contributed by atoms with Gasteiger partial charge in [-0.2, -0.15) is 0 Å². The highest BCUT2D eigenvalue weighted by molar-refractivity contribution is 6.04. The highest BCUT2D eigenvalue weighted by atomic mass is 19.1. The third kappa shape index (κ3) is 3.11. The van der Waals surface area contributed by atoms with Gasteiger partial charge in [-0.1, -0.05) is 0 Å². The van der Waals surface area contributed by atoms with Crippen LogP contribution in [-0.2, 0) is 9.59 Å². The SMILES string of the molecule is O=C(NC1CCN(C(=O)C2(C(=O)O)CC2)CC1)c1ccc(F)cc1. The fraction of sp³-hybridized carbons (Fsp3) is 0.471. The van der Waals surface area contributed by atoms with Crippen molar-refractivity contribution in [1.29, 1.82) is 0 Å². The van der Waals surface area contributed by atoms with Crippen molar-refractivity contribution in [3.05, 3.63) is 35.6 Å². The number of hydrogen-bond donors (Lipinski definition) is 2. The van der Waals surface area contributed by atoms with Crippen LogP contribution in [-0.4, -0.2) is 46.9 Å². The lowest BCUT2D eigenvalue weighted by Gasteiger charge is -2.33. The lowest BCUT2D eigenvalue weighted by atomic mass is 10.00. The molecule has 6 nitrogen and oxygen atoms in total. The summed E-state index contributed by atoms with van der Waals surface area (Å²) in [6.07, 6.45) is 1.97. The van der Waals surface area contributed by atoms with E-state index in [0.29, 0.717) is 44.3 Å². The molecule has 1 heterocycles. The first-order valence-corrected chi connectivity index (χ1v) is 8.01. The van der Waals surface area contributed by atoms with E-state index in [0.717, 1.165) is 0 Å². The maximum Gasteiger partial charge on any atom is 0.319 e.